The quantitative estimate of drug-likeness (QED) is 0.716. The molecule has 0 aliphatic carbocycles. The number of ether oxygens (including phenoxy) is 1. The van der Waals surface area contributed by atoms with Crippen molar-refractivity contribution in [1.29, 1.82) is 0 Å². The predicted octanol–water partition coefficient (Wildman–Crippen LogP) is 1.31. The highest BCUT2D eigenvalue weighted by Gasteiger charge is 2.27. The van der Waals surface area contributed by atoms with Crippen LogP contribution in [0.15, 0.2) is 12.1 Å². The van der Waals surface area contributed by atoms with Gasteiger partial charge in [-0.05, 0) is 56.9 Å². The molecule has 0 radical (unpaired) electrons. The lowest BCUT2D eigenvalue weighted by molar-refractivity contribution is -0.139. The molecule has 2 N–H and O–H groups in total. The lowest BCUT2D eigenvalue weighted by Crippen LogP contribution is -2.46. The highest BCUT2D eigenvalue weighted by molar-refractivity contribution is 7.89. The molecule has 0 unspecified atom stereocenters. The number of amides is 1. The number of carbonyl (C=O) groups excluding carboxylic acids is 1. The third kappa shape index (κ3) is 5.43. The molecule has 1 heterocycles. The van der Waals surface area contributed by atoms with Gasteiger partial charge >= 0.3 is 5.97 Å². The molecule has 0 atom stereocenters. The van der Waals surface area contributed by atoms with Crippen molar-refractivity contribution in [3.63, 3.8) is 0 Å². The van der Waals surface area contributed by atoms with Crippen molar-refractivity contribution in [3.05, 3.63) is 28.8 Å². The number of carboxylic acid groups (broad SMARTS) is 1. The van der Waals surface area contributed by atoms with Crippen LogP contribution < -0.4 is 10.1 Å². The average Bonchev–Trinajstić information content (AvgIpc) is 2.61. The summed E-state index contributed by atoms with van der Waals surface area (Å²) in [6.07, 6.45) is 1.14. The standard InChI is InChI=1S/C18H26N2O6S/c1-4-27(24,25)20-7-5-15(6-8-20)19-18(23)14-9-12(2)17(13(3)10-14)26-11-16(21)22/h9-10,15H,4-8,11H2,1-3H3,(H,19,23)(H,21,22). The van der Waals surface area contributed by atoms with E-state index in [1.165, 1.54) is 4.31 Å². The second-order valence-corrected chi connectivity index (χ2v) is 8.93. The van der Waals surface area contributed by atoms with Gasteiger partial charge in [-0.1, -0.05) is 0 Å². The number of piperidine rings is 1. The number of benzene rings is 1. The Kier molecular flexibility index (Phi) is 6.83. The maximum Gasteiger partial charge on any atom is 0.341 e. The maximum atomic E-state index is 12.6. The second-order valence-electron chi connectivity index (χ2n) is 6.67. The summed E-state index contributed by atoms with van der Waals surface area (Å²) in [6, 6.07) is 3.25. The highest BCUT2D eigenvalue weighted by atomic mass is 32.2. The number of rotatable bonds is 7. The molecule has 9 heteroatoms. The molecule has 0 aromatic heterocycles. The first kappa shape index (κ1) is 21.2. The molecule has 0 bridgehead atoms. The number of sulfonamides is 1. The van der Waals surface area contributed by atoms with Crippen LogP contribution >= 0.6 is 0 Å². The van der Waals surface area contributed by atoms with Gasteiger partial charge in [0.25, 0.3) is 5.91 Å². The SMILES string of the molecule is CCS(=O)(=O)N1CCC(NC(=O)c2cc(C)c(OCC(=O)O)c(C)c2)CC1. The van der Waals surface area contributed by atoms with Gasteiger partial charge in [-0.3, -0.25) is 4.79 Å². The molecular formula is C18H26N2O6S. The molecule has 1 fully saturated rings. The number of hydrogen-bond donors (Lipinski definition) is 2. The Labute approximate surface area is 159 Å². The summed E-state index contributed by atoms with van der Waals surface area (Å²) in [5.74, 6) is -0.749. The normalized spacial score (nSPS) is 16.1. The van der Waals surface area contributed by atoms with Crippen LogP contribution in [0.25, 0.3) is 0 Å². The summed E-state index contributed by atoms with van der Waals surface area (Å²) in [7, 11) is -3.19. The van der Waals surface area contributed by atoms with Gasteiger partial charge in [0.1, 0.15) is 5.75 Å². The van der Waals surface area contributed by atoms with Gasteiger partial charge in [-0.25, -0.2) is 17.5 Å². The molecule has 1 saturated heterocycles. The first-order chi connectivity index (χ1) is 12.6. The summed E-state index contributed by atoms with van der Waals surface area (Å²) < 4.78 is 30.5. The summed E-state index contributed by atoms with van der Waals surface area (Å²) in [4.78, 5) is 23.2. The number of carboxylic acids is 1. The third-order valence-corrected chi connectivity index (χ3v) is 6.49. The number of nitrogens with zero attached hydrogens (tertiary/aromatic N) is 1. The lowest BCUT2D eigenvalue weighted by atomic mass is 10.0. The zero-order valence-corrected chi connectivity index (χ0v) is 16.6. The van der Waals surface area contributed by atoms with E-state index in [1.54, 1.807) is 32.9 Å². The summed E-state index contributed by atoms with van der Waals surface area (Å²) in [5.41, 5.74) is 1.84. The van der Waals surface area contributed by atoms with Gasteiger partial charge < -0.3 is 15.2 Å². The topological polar surface area (TPSA) is 113 Å². The molecule has 2 rings (SSSR count). The van der Waals surface area contributed by atoms with Gasteiger partial charge in [0.15, 0.2) is 6.61 Å². The van der Waals surface area contributed by atoms with Crippen LogP contribution in [0.3, 0.4) is 0 Å². The third-order valence-electron chi connectivity index (χ3n) is 4.61. The molecule has 1 aliphatic rings. The van der Waals surface area contributed by atoms with E-state index in [-0.39, 0.29) is 17.7 Å². The number of aliphatic carboxylic acids is 1. The van der Waals surface area contributed by atoms with Crippen molar-refractivity contribution < 1.29 is 27.9 Å². The van der Waals surface area contributed by atoms with Crippen molar-refractivity contribution in [2.75, 3.05) is 25.4 Å². The summed E-state index contributed by atoms with van der Waals surface area (Å²) in [5, 5.41) is 11.7. The average molecular weight is 398 g/mol. The van der Waals surface area contributed by atoms with E-state index in [9.17, 15) is 18.0 Å². The Hall–Kier alpha value is -2.13. The zero-order chi connectivity index (χ0) is 20.2. The Balaban J connectivity index is 2.00. The Bertz CT molecular complexity index is 790. The van der Waals surface area contributed by atoms with E-state index in [0.717, 1.165) is 0 Å². The van der Waals surface area contributed by atoms with Gasteiger partial charge in [0.2, 0.25) is 10.0 Å². The van der Waals surface area contributed by atoms with Crippen molar-refractivity contribution in [3.8, 4) is 5.75 Å². The first-order valence-corrected chi connectivity index (χ1v) is 10.5. The molecular weight excluding hydrogens is 372 g/mol. The fraction of sp³-hybridized carbons (Fsp3) is 0.556. The smallest absolute Gasteiger partial charge is 0.341 e. The molecule has 1 aromatic carbocycles. The van der Waals surface area contributed by atoms with Gasteiger partial charge in [0.05, 0.1) is 5.75 Å². The monoisotopic (exact) mass is 398 g/mol. The molecule has 0 spiro atoms. The molecule has 1 amide bonds. The van der Waals surface area contributed by atoms with Gasteiger partial charge in [-0.2, -0.15) is 0 Å². The molecule has 150 valence electrons. The summed E-state index contributed by atoms with van der Waals surface area (Å²) in [6.45, 7) is 5.51. The summed E-state index contributed by atoms with van der Waals surface area (Å²) >= 11 is 0. The number of hydrogen-bond acceptors (Lipinski definition) is 5. The van der Waals surface area contributed by atoms with E-state index in [0.29, 0.717) is 48.4 Å². The minimum Gasteiger partial charge on any atom is -0.481 e. The van der Waals surface area contributed by atoms with Crippen LogP contribution in [0.5, 0.6) is 5.75 Å². The molecule has 1 aliphatic heterocycles. The highest BCUT2D eigenvalue weighted by Crippen LogP contribution is 2.25. The van der Waals surface area contributed by atoms with E-state index in [2.05, 4.69) is 5.32 Å². The van der Waals surface area contributed by atoms with Crippen molar-refractivity contribution in [1.82, 2.24) is 9.62 Å². The van der Waals surface area contributed by atoms with Crippen molar-refractivity contribution in [2.45, 2.75) is 39.7 Å². The fourth-order valence-electron chi connectivity index (χ4n) is 3.17. The van der Waals surface area contributed by atoms with E-state index >= 15 is 0 Å². The second kappa shape index (κ2) is 8.71. The molecule has 1 aromatic rings. The first-order valence-electron chi connectivity index (χ1n) is 8.88. The minimum absolute atomic E-state index is 0.0793. The largest absolute Gasteiger partial charge is 0.481 e. The van der Waals surface area contributed by atoms with Crippen LogP contribution in [0, 0.1) is 13.8 Å². The molecule has 27 heavy (non-hydrogen) atoms. The van der Waals surface area contributed by atoms with Gasteiger partial charge in [0, 0.05) is 24.7 Å². The number of carbonyl (C=O) groups is 2. The van der Waals surface area contributed by atoms with Crippen LogP contribution in [-0.4, -0.2) is 61.2 Å². The molecule has 8 nitrogen and oxygen atoms in total. The maximum absolute atomic E-state index is 12.6. The molecule has 0 saturated carbocycles. The minimum atomic E-state index is -3.19. The van der Waals surface area contributed by atoms with E-state index < -0.39 is 22.6 Å². The Morgan fingerprint density at radius 2 is 1.78 bits per heavy atom. The predicted molar refractivity (Wildman–Crippen MR) is 101 cm³/mol. The number of aryl methyl sites for hydroxylation is 2. The van der Waals surface area contributed by atoms with Crippen LogP contribution in [0.2, 0.25) is 0 Å². The van der Waals surface area contributed by atoms with Crippen LogP contribution in [-0.2, 0) is 14.8 Å². The van der Waals surface area contributed by atoms with Crippen LogP contribution in [0.4, 0.5) is 0 Å². The van der Waals surface area contributed by atoms with Crippen molar-refractivity contribution in [2.24, 2.45) is 0 Å². The lowest BCUT2D eigenvalue weighted by Gasteiger charge is -2.31. The van der Waals surface area contributed by atoms with Crippen LogP contribution in [0.1, 0.15) is 41.3 Å². The van der Waals surface area contributed by atoms with E-state index in [1.807, 2.05) is 0 Å². The fourth-order valence-corrected chi connectivity index (χ4v) is 4.30. The Morgan fingerprint density at radius 1 is 1.22 bits per heavy atom. The Morgan fingerprint density at radius 3 is 2.26 bits per heavy atom. The van der Waals surface area contributed by atoms with Crippen molar-refractivity contribution >= 4 is 21.9 Å². The van der Waals surface area contributed by atoms with Gasteiger partial charge in [-0.15, -0.1) is 0 Å². The number of nitrogens with one attached hydrogen (secondary N) is 1. The van der Waals surface area contributed by atoms with E-state index in [4.69, 9.17) is 9.84 Å². The zero-order valence-electron chi connectivity index (χ0n) is 15.8.